The summed E-state index contributed by atoms with van der Waals surface area (Å²) in [6, 6.07) is 4.13. The largest absolute Gasteiger partial charge is 0.379 e. The zero-order valence-electron chi connectivity index (χ0n) is 9.90. The van der Waals surface area contributed by atoms with E-state index in [4.69, 9.17) is 10.6 Å². The van der Waals surface area contributed by atoms with Crippen molar-refractivity contribution in [1.82, 2.24) is 10.4 Å². The summed E-state index contributed by atoms with van der Waals surface area (Å²) in [5.74, 6) is 6.28. The molecule has 2 unspecified atom stereocenters. The van der Waals surface area contributed by atoms with E-state index in [1.165, 1.54) is 12.8 Å². The average Bonchev–Trinajstić information content (AvgIpc) is 3.16. The van der Waals surface area contributed by atoms with Crippen LogP contribution >= 0.6 is 15.9 Å². The highest BCUT2D eigenvalue weighted by Crippen LogP contribution is 2.36. The second-order valence-electron chi connectivity index (χ2n) is 4.48. The van der Waals surface area contributed by atoms with Crippen LogP contribution in [-0.4, -0.2) is 24.2 Å². The lowest BCUT2D eigenvalue weighted by Crippen LogP contribution is -2.47. The van der Waals surface area contributed by atoms with Crippen molar-refractivity contribution in [3.63, 3.8) is 0 Å². The van der Waals surface area contributed by atoms with Gasteiger partial charge in [0.2, 0.25) is 0 Å². The van der Waals surface area contributed by atoms with E-state index >= 15 is 0 Å². The quantitative estimate of drug-likeness (QED) is 0.619. The number of ether oxygens (including phenoxy) is 1. The van der Waals surface area contributed by atoms with Crippen molar-refractivity contribution in [3.05, 3.63) is 28.5 Å². The molecule has 1 aromatic rings. The van der Waals surface area contributed by atoms with Crippen LogP contribution in [0.1, 0.15) is 18.5 Å². The molecule has 17 heavy (non-hydrogen) atoms. The number of nitrogens with one attached hydrogen (secondary N) is 1. The first-order valence-electron chi connectivity index (χ1n) is 5.84. The monoisotopic (exact) mass is 299 g/mol. The van der Waals surface area contributed by atoms with Crippen LogP contribution in [0.2, 0.25) is 0 Å². The summed E-state index contributed by atoms with van der Waals surface area (Å²) in [4.78, 5) is 4.36. The first-order chi connectivity index (χ1) is 8.24. The molecule has 0 saturated heterocycles. The summed E-state index contributed by atoms with van der Waals surface area (Å²) < 4.78 is 6.53. The van der Waals surface area contributed by atoms with Gasteiger partial charge >= 0.3 is 0 Å². The minimum atomic E-state index is 0.126. The molecular formula is C12H18BrN3O. The summed E-state index contributed by atoms with van der Waals surface area (Å²) in [5.41, 5.74) is 3.89. The lowest BCUT2D eigenvalue weighted by atomic mass is 10.0. The van der Waals surface area contributed by atoms with Crippen LogP contribution in [0.3, 0.4) is 0 Å². The number of rotatable bonds is 6. The molecule has 2 rings (SSSR count). The smallest absolute Gasteiger partial charge is 0.0769 e. The van der Waals surface area contributed by atoms with E-state index in [1.807, 2.05) is 18.3 Å². The van der Waals surface area contributed by atoms with Crippen LogP contribution in [0.4, 0.5) is 0 Å². The number of methoxy groups -OCH3 is 1. The van der Waals surface area contributed by atoms with Gasteiger partial charge in [0.05, 0.1) is 12.1 Å². The van der Waals surface area contributed by atoms with E-state index < -0.39 is 0 Å². The van der Waals surface area contributed by atoms with Crippen LogP contribution < -0.4 is 11.3 Å². The van der Waals surface area contributed by atoms with Gasteiger partial charge in [0.25, 0.3) is 0 Å². The molecule has 3 N–H and O–H groups in total. The van der Waals surface area contributed by atoms with E-state index in [9.17, 15) is 0 Å². The molecule has 0 aliphatic heterocycles. The van der Waals surface area contributed by atoms with Crippen molar-refractivity contribution in [2.24, 2.45) is 11.8 Å². The highest BCUT2D eigenvalue weighted by Gasteiger charge is 2.36. The van der Waals surface area contributed by atoms with Gasteiger partial charge in [-0.25, -0.2) is 0 Å². The van der Waals surface area contributed by atoms with E-state index in [2.05, 4.69) is 26.3 Å². The van der Waals surface area contributed by atoms with Crippen LogP contribution in [0.25, 0.3) is 0 Å². The molecule has 1 fully saturated rings. The molecule has 5 heteroatoms. The number of nitrogens with two attached hydrogens (primary N) is 1. The van der Waals surface area contributed by atoms with E-state index in [0.717, 1.165) is 16.6 Å². The van der Waals surface area contributed by atoms with Crippen LogP contribution in [0, 0.1) is 5.92 Å². The molecule has 94 valence electrons. The number of hydrogen-bond donors (Lipinski definition) is 2. The number of pyridine rings is 1. The minimum absolute atomic E-state index is 0.126. The third-order valence-corrected chi connectivity index (χ3v) is 3.66. The second kappa shape index (κ2) is 5.91. The Kier molecular flexibility index (Phi) is 4.50. The van der Waals surface area contributed by atoms with Crippen LogP contribution in [0.5, 0.6) is 0 Å². The molecule has 2 atom stereocenters. The van der Waals surface area contributed by atoms with Gasteiger partial charge in [0, 0.05) is 29.9 Å². The molecule has 0 aromatic carbocycles. The Balaban J connectivity index is 2.00. The van der Waals surface area contributed by atoms with Crippen molar-refractivity contribution in [2.45, 2.75) is 31.4 Å². The van der Waals surface area contributed by atoms with Crippen LogP contribution in [0.15, 0.2) is 22.8 Å². The molecule has 1 saturated carbocycles. The normalized spacial score (nSPS) is 19.0. The molecule has 0 bridgehead atoms. The Morgan fingerprint density at radius 1 is 1.59 bits per heavy atom. The van der Waals surface area contributed by atoms with Gasteiger partial charge in [-0.1, -0.05) is 0 Å². The maximum atomic E-state index is 5.63. The fourth-order valence-corrected chi connectivity index (χ4v) is 2.37. The van der Waals surface area contributed by atoms with Gasteiger partial charge in [-0.3, -0.25) is 16.3 Å². The van der Waals surface area contributed by atoms with Crippen molar-refractivity contribution < 1.29 is 4.74 Å². The van der Waals surface area contributed by atoms with Crippen molar-refractivity contribution in [3.8, 4) is 0 Å². The number of aromatic nitrogens is 1. The first-order valence-corrected chi connectivity index (χ1v) is 6.63. The molecule has 1 aromatic heterocycles. The molecule has 1 aliphatic carbocycles. The third kappa shape index (κ3) is 3.48. The average molecular weight is 300 g/mol. The van der Waals surface area contributed by atoms with Gasteiger partial charge in [0.15, 0.2) is 0 Å². The fraction of sp³-hybridized carbons (Fsp3) is 0.583. The highest BCUT2D eigenvalue weighted by atomic mass is 79.9. The molecule has 4 nitrogen and oxygen atoms in total. The van der Waals surface area contributed by atoms with E-state index in [1.54, 1.807) is 7.11 Å². The summed E-state index contributed by atoms with van der Waals surface area (Å²) in [6.45, 7) is 0. The Morgan fingerprint density at radius 2 is 2.35 bits per heavy atom. The first kappa shape index (κ1) is 13.0. The maximum absolute atomic E-state index is 5.63. The minimum Gasteiger partial charge on any atom is -0.379 e. The second-order valence-corrected chi connectivity index (χ2v) is 5.40. The summed E-state index contributed by atoms with van der Waals surface area (Å²) >= 11 is 3.38. The maximum Gasteiger partial charge on any atom is 0.0769 e. The molecule has 1 aliphatic rings. The standard InChI is InChI=1S/C12H18BrN3O/c1-17-12(8-2-3-8)11(16-14)6-10-5-4-9(13)7-15-10/h4-5,7-8,11-12,16H,2-3,6,14H2,1H3. The fourth-order valence-electron chi connectivity index (χ4n) is 2.13. The topological polar surface area (TPSA) is 60.2 Å². The third-order valence-electron chi connectivity index (χ3n) is 3.19. The summed E-state index contributed by atoms with van der Waals surface area (Å²) in [7, 11) is 1.75. The Morgan fingerprint density at radius 3 is 2.82 bits per heavy atom. The lowest BCUT2D eigenvalue weighted by Gasteiger charge is -2.25. The SMILES string of the molecule is COC(C1CC1)C(Cc1ccc(Br)cn1)NN. The Bertz CT molecular complexity index is 353. The molecule has 0 spiro atoms. The zero-order chi connectivity index (χ0) is 12.3. The van der Waals surface area contributed by atoms with E-state index in [0.29, 0.717) is 5.92 Å². The number of hydrogen-bond acceptors (Lipinski definition) is 4. The zero-order valence-corrected chi connectivity index (χ0v) is 11.5. The van der Waals surface area contributed by atoms with Crippen molar-refractivity contribution in [2.75, 3.05) is 7.11 Å². The Labute approximate surface area is 110 Å². The molecule has 0 radical (unpaired) electrons. The molecule has 0 amide bonds. The highest BCUT2D eigenvalue weighted by molar-refractivity contribution is 9.10. The Hall–Kier alpha value is -0.490. The van der Waals surface area contributed by atoms with Crippen molar-refractivity contribution in [1.29, 1.82) is 0 Å². The van der Waals surface area contributed by atoms with Crippen LogP contribution in [-0.2, 0) is 11.2 Å². The summed E-state index contributed by atoms with van der Waals surface area (Å²) in [6.07, 6.45) is 5.26. The predicted octanol–water partition coefficient (Wildman–Crippen LogP) is 1.64. The number of hydrazine groups is 1. The van der Waals surface area contributed by atoms with Gasteiger partial charge in [-0.05, 0) is 46.8 Å². The summed E-state index contributed by atoms with van der Waals surface area (Å²) in [5, 5.41) is 0. The van der Waals surface area contributed by atoms with Crippen molar-refractivity contribution >= 4 is 15.9 Å². The molecule has 1 heterocycles. The van der Waals surface area contributed by atoms with Gasteiger partial charge < -0.3 is 4.74 Å². The lowest BCUT2D eigenvalue weighted by molar-refractivity contribution is 0.0508. The van der Waals surface area contributed by atoms with Gasteiger partial charge in [0.1, 0.15) is 0 Å². The van der Waals surface area contributed by atoms with Gasteiger partial charge in [-0.15, -0.1) is 0 Å². The predicted molar refractivity (Wildman–Crippen MR) is 70.3 cm³/mol. The van der Waals surface area contributed by atoms with Gasteiger partial charge in [-0.2, -0.15) is 0 Å². The number of halogens is 1. The number of nitrogens with zero attached hydrogens (tertiary/aromatic N) is 1. The molecular weight excluding hydrogens is 282 g/mol. The van der Waals surface area contributed by atoms with E-state index in [-0.39, 0.29) is 12.1 Å².